The Morgan fingerprint density at radius 1 is 1.21 bits per heavy atom. The van der Waals surface area contributed by atoms with Crippen molar-refractivity contribution >= 4 is 5.91 Å². The second-order valence-corrected chi connectivity index (χ2v) is 6.09. The third-order valence-electron chi connectivity index (χ3n) is 3.91. The summed E-state index contributed by atoms with van der Waals surface area (Å²) in [6, 6.07) is 0. The Morgan fingerprint density at radius 2 is 1.84 bits per heavy atom. The highest BCUT2D eigenvalue weighted by molar-refractivity contribution is 5.75. The van der Waals surface area contributed by atoms with Crippen LogP contribution in [0.4, 0.5) is 0 Å². The normalized spacial score (nSPS) is 18.5. The molecule has 1 aliphatic rings. The monoisotopic (exact) mass is 270 g/mol. The molecular formula is C14H30N4O. The SMILES string of the molecule is CNCCCC(=O)NCC(C)(C)N1CCN(C)CC1. The molecule has 0 bridgehead atoms. The average Bonchev–Trinajstić information content (AvgIpc) is 2.37. The van der Waals surface area contributed by atoms with E-state index in [4.69, 9.17) is 0 Å². The van der Waals surface area contributed by atoms with Gasteiger partial charge in [0, 0.05) is 44.7 Å². The van der Waals surface area contributed by atoms with Crippen LogP contribution < -0.4 is 10.6 Å². The van der Waals surface area contributed by atoms with E-state index in [0.717, 1.165) is 45.7 Å². The van der Waals surface area contributed by atoms with Gasteiger partial charge in [-0.15, -0.1) is 0 Å². The molecule has 1 heterocycles. The number of hydrogen-bond acceptors (Lipinski definition) is 4. The molecule has 2 N–H and O–H groups in total. The summed E-state index contributed by atoms with van der Waals surface area (Å²) in [5.74, 6) is 0.164. The van der Waals surface area contributed by atoms with Crippen molar-refractivity contribution in [1.29, 1.82) is 0 Å². The maximum absolute atomic E-state index is 11.7. The van der Waals surface area contributed by atoms with Crippen LogP contribution in [-0.4, -0.2) is 74.6 Å². The summed E-state index contributed by atoms with van der Waals surface area (Å²) in [6.07, 6.45) is 1.51. The molecule has 0 unspecified atom stereocenters. The topological polar surface area (TPSA) is 47.6 Å². The third-order valence-corrected chi connectivity index (χ3v) is 3.91. The maximum atomic E-state index is 11.7. The van der Waals surface area contributed by atoms with Crippen LogP contribution in [-0.2, 0) is 4.79 Å². The zero-order chi connectivity index (χ0) is 14.3. The van der Waals surface area contributed by atoms with Crippen LogP contribution in [0, 0.1) is 0 Å². The lowest BCUT2D eigenvalue weighted by Crippen LogP contribution is -2.57. The Kier molecular flexibility index (Phi) is 6.75. The van der Waals surface area contributed by atoms with Gasteiger partial charge < -0.3 is 15.5 Å². The van der Waals surface area contributed by atoms with Crippen LogP contribution in [0.1, 0.15) is 26.7 Å². The Balaban J connectivity index is 2.27. The number of amides is 1. The zero-order valence-electron chi connectivity index (χ0n) is 13.0. The molecule has 112 valence electrons. The third kappa shape index (κ3) is 5.89. The number of piperazine rings is 1. The van der Waals surface area contributed by atoms with E-state index >= 15 is 0 Å². The van der Waals surface area contributed by atoms with Crippen molar-refractivity contribution < 1.29 is 4.79 Å². The number of nitrogens with one attached hydrogen (secondary N) is 2. The van der Waals surface area contributed by atoms with Crippen LogP contribution >= 0.6 is 0 Å². The molecule has 1 saturated heterocycles. The van der Waals surface area contributed by atoms with Crippen LogP contribution in [0.25, 0.3) is 0 Å². The molecular weight excluding hydrogens is 240 g/mol. The van der Waals surface area contributed by atoms with Crippen molar-refractivity contribution in [3.63, 3.8) is 0 Å². The molecule has 1 aliphatic heterocycles. The van der Waals surface area contributed by atoms with Crippen molar-refractivity contribution in [1.82, 2.24) is 20.4 Å². The van der Waals surface area contributed by atoms with Gasteiger partial charge in [0.15, 0.2) is 0 Å². The number of hydrogen-bond donors (Lipinski definition) is 2. The second kappa shape index (κ2) is 7.82. The van der Waals surface area contributed by atoms with Gasteiger partial charge in [-0.05, 0) is 40.9 Å². The number of likely N-dealkylation sites (N-methyl/N-ethyl adjacent to an activating group) is 1. The Bertz CT molecular complexity index is 273. The fourth-order valence-corrected chi connectivity index (χ4v) is 2.35. The van der Waals surface area contributed by atoms with Crippen molar-refractivity contribution in [2.75, 3.05) is 53.4 Å². The van der Waals surface area contributed by atoms with Gasteiger partial charge >= 0.3 is 0 Å². The van der Waals surface area contributed by atoms with E-state index in [1.807, 2.05) is 7.05 Å². The molecule has 0 saturated carbocycles. The van der Waals surface area contributed by atoms with Crippen LogP contribution in [0.5, 0.6) is 0 Å². The number of carbonyl (C=O) groups is 1. The first-order chi connectivity index (χ1) is 8.95. The standard InChI is InChI=1S/C14H30N4O/c1-14(2,18-10-8-17(4)9-11-18)12-16-13(19)6-5-7-15-3/h15H,5-12H2,1-4H3,(H,16,19). The lowest BCUT2D eigenvalue weighted by Gasteiger charge is -2.43. The summed E-state index contributed by atoms with van der Waals surface area (Å²) in [6.45, 7) is 10.4. The van der Waals surface area contributed by atoms with E-state index in [-0.39, 0.29) is 11.4 Å². The van der Waals surface area contributed by atoms with Crippen molar-refractivity contribution in [3.05, 3.63) is 0 Å². The van der Waals surface area contributed by atoms with Gasteiger partial charge in [-0.25, -0.2) is 0 Å². The maximum Gasteiger partial charge on any atom is 0.220 e. The molecule has 1 amide bonds. The summed E-state index contributed by atoms with van der Waals surface area (Å²) in [5.41, 5.74) is 0.0416. The van der Waals surface area contributed by atoms with E-state index in [1.54, 1.807) is 0 Å². The Hall–Kier alpha value is -0.650. The molecule has 0 atom stereocenters. The molecule has 0 aromatic carbocycles. The van der Waals surface area contributed by atoms with Gasteiger partial charge in [0.1, 0.15) is 0 Å². The van der Waals surface area contributed by atoms with Gasteiger partial charge in [-0.3, -0.25) is 9.69 Å². The van der Waals surface area contributed by atoms with E-state index in [0.29, 0.717) is 6.42 Å². The van der Waals surface area contributed by atoms with E-state index in [1.165, 1.54) is 0 Å². The smallest absolute Gasteiger partial charge is 0.220 e. The largest absolute Gasteiger partial charge is 0.354 e. The zero-order valence-corrected chi connectivity index (χ0v) is 13.0. The van der Waals surface area contributed by atoms with E-state index in [2.05, 4.69) is 41.3 Å². The summed E-state index contributed by atoms with van der Waals surface area (Å²) >= 11 is 0. The molecule has 19 heavy (non-hydrogen) atoms. The molecule has 1 rings (SSSR count). The van der Waals surface area contributed by atoms with Crippen molar-refractivity contribution in [2.24, 2.45) is 0 Å². The molecule has 5 nitrogen and oxygen atoms in total. The minimum absolute atomic E-state index is 0.0416. The van der Waals surface area contributed by atoms with E-state index in [9.17, 15) is 4.79 Å². The molecule has 0 aliphatic carbocycles. The predicted molar refractivity (Wildman–Crippen MR) is 79.3 cm³/mol. The van der Waals surface area contributed by atoms with E-state index < -0.39 is 0 Å². The van der Waals surface area contributed by atoms with Gasteiger partial charge in [0.05, 0.1) is 0 Å². The van der Waals surface area contributed by atoms with Crippen LogP contribution in [0.15, 0.2) is 0 Å². The number of rotatable bonds is 7. The van der Waals surface area contributed by atoms with Crippen LogP contribution in [0.2, 0.25) is 0 Å². The summed E-state index contributed by atoms with van der Waals surface area (Å²) in [4.78, 5) is 16.6. The summed E-state index contributed by atoms with van der Waals surface area (Å²) in [5, 5.41) is 6.13. The lowest BCUT2D eigenvalue weighted by molar-refractivity contribution is -0.121. The highest BCUT2D eigenvalue weighted by Crippen LogP contribution is 2.15. The molecule has 0 aromatic heterocycles. The fourth-order valence-electron chi connectivity index (χ4n) is 2.35. The van der Waals surface area contributed by atoms with Gasteiger partial charge in [0.25, 0.3) is 0 Å². The fraction of sp³-hybridized carbons (Fsp3) is 0.929. The van der Waals surface area contributed by atoms with Gasteiger partial charge in [-0.2, -0.15) is 0 Å². The first-order valence-electron chi connectivity index (χ1n) is 7.30. The molecule has 0 aromatic rings. The Morgan fingerprint density at radius 3 is 2.42 bits per heavy atom. The van der Waals surface area contributed by atoms with Gasteiger partial charge in [0.2, 0.25) is 5.91 Å². The summed E-state index contributed by atoms with van der Waals surface area (Å²) < 4.78 is 0. The Labute approximate surface area is 117 Å². The highest BCUT2D eigenvalue weighted by Gasteiger charge is 2.29. The highest BCUT2D eigenvalue weighted by atomic mass is 16.1. The quantitative estimate of drug-likeness (QED) is 0.646. The van der Waals surface area contributed by atoms with Crippen molar-refractivity contribution in [2.45, 2.75) is 32.2 Å². The minimum atomic E-state index is 0.0416. The summed E-state index contributed by atoms with van der Waals surface area (Å²) in [7, 11) is 4.07. The van der Waals surface area contributed by atoms with Gasteiger partial charge in [-0.1, -0.05) is 0 Å². The first kappa shape index (κ1) is 16.4. The average molecular weight is 270 g/mol. The van der Waals surface area contributed by atoms with Crippen LogP contribution in [0.3, 0.4) is 0 Å². The molecule has 1 fully saturated rings. The van der Waals surface area contributed by atoms with Crippen molar-refractivity contribution in [3.8, 4) is 0 Å². The molecule has 5 heteroatoms. The minimum Gasteiger partial charge on any atom is -0.354 e. The first-order valence-corrected chi connectivity index (χ1v) is 7.30. The molecule has 0 spiro atoms. The number of carbonyl (C=O) groups excluding carboxylic acids is 1. The predicted octanol–water partition coefficient (Wildman–Crippen LogP) is 0.128. The number of nitrogens with zero attached hydrogens (tertiary/aromatic N) is 2. The lowest BCUT2D eigenvalue weighted by atomic mass is 10.0. The molecule has 0 radical (unpaired) electrons. The second-order valence-electron chi connectivity index (χ2n) is 6.09.